The van der Waals surface area contributed by atoms with E-state index in [4.69, 9.17) is 10.00 Å². The highest BCUT2D eigenvalue weighted by atomic mass is 16.5. The molecule has 1 heterocycles. The number of benzene rings is 1. The van der Waals surface area contributed by atoms with Crippen molar-refractivity contribution >= 4 is 11.7 Å². The highest BCUT2D eigenvalue weighted by Gasteiger charge is 2.26. The molecule has 2 N–H and O–H groups in total. The van der Waals surface area contributed by atoms with E-state index in [0.29, 0.717) is 23.0 Å². The van der Waals surface area contributed by atoms with E-state index < -0.39 is 6.10 Å². The van der Waals surface area contributed by atoms with Crippen molar-refractivity contribution in [3.63, 3.8) is 0 Å². The van der Waals surface area contributed by atoms with E-state index in [9.17, 15) is 4.79 Å². The third kappa shape index (κ3) is 3.26. The van der Waals surface area contributed by atoms with Gasteiger partial charge in [0.25, 0.3) is 5.91 Å². The number of carbonyl (C=O) groups is 1. The molecule has 112 valence electrons. The van der Waals surface area contributed by atoms with Crippen LogP contribution in [0.25, 0.3) is 0 Å². The van der Waals surface area contributed by atoms with E-state index in [2.05, 4.69) is 15.5 Å². The summed E-state index contributed by atoms with van der Waals surface area (Å²) in [5.74, 6) is 1.35. The van der Waals surface area contributed by atoms with Gasteiger partial charge in [0.2, 0.25) is 0 Å². The molecule has 1 aromatic heterocycles. The maximum atomic E-state index is 12.1. The lowest BCUT2D eigenvalue weighted by Crippen LogP contribution is -2.30. The highest BCUT2D eigenvalue weighted by molar-refractivity contribution is 5.93. The van der Waals surface area contributed by atoms with Crippen LogP contribution in [-0.4, -0.2) is 22.2 Å². The van der Waals surface area contributed by atoms with Crippen molar-refractivity contribution in [1.29, 1.82) is 5.26 Å². The van der Waals surface area contributed by atoms with Crippen LogP contribution in [-0.2, 0) is 4.79 Å². The number of rotatable bonds is 5. The van der Waals surface area contributed by atoms with Crippen molar-refractivity contribution in [2.45, 2.75) is 31.8 Å². The number of aromatic nitrogens is 2. The number of carbonyl (C=O) groups excluding carboxylic acids is 1. The first-order valence-electron chi connectivity index (χ1n) is 7.18. The molecule has 1 atom stereocenters. The van der Waals surface area contributed by atoms with Crippen LogP contribution in [0.2, 0.25) is 0 Å². The molecule has 1 unspecified atom stereocenters. The zero-order chi connectivity index (χ0) is 15.5. The average molecular weight is 296 g/mol. The predicted molar refractivity (Wildman–Crippen MR) is 80.4 cm³/mol. The summed E-state index contributed by atoms with van der Waals surface area (Å²) in [4.78, 5) is 12.1. The topological polar surface area (TPSA) is 90.8 Å². The van der Waals surface area contributed by atoms with Gasteiger partial charge in [-0.25, -0.2) is 0 Å². The van der Waals surface area contributed by atoms with Crippen LogP contribution in [0.4, 0.5) is 5.82 Å². The Hall–Kier alpha value is -2.81. The molecule has 6 heteroatoms. The first kappa shape index (κ1) is 14.1. The van der Waals surface area contributed by atoms with Crippen molar-refractivity contribution in [1.82, 2.24) is 10.2 Å². The third-order valence-electron chi connectivity index (χ3n) is 3.53. The lowest BCUT2D eigenvalue weighted by Gasteiger charge is -2.13. The number of amides is 1. The number of hydrogen-bond acceptors (Lipinski definition) is 4. The van der Waals surface area contributed by atoms with Gasteiger partial charge in [-0.2, -0.15) is 10.4 Å². The van der Waals surface area contributed by atoms with E-state index >= 15 is 0 Å². The first-order chi connectivity index (χ1) is 10.7. The summed E-state index contributed by atoms with van der Waals surface area (Å²) >= 11 is 0. The Morgan fingerprint density at radius 3 is 2.82 bits per heavy atom. The van der Waals surface area contributed by atoms with Crippen LogP contribution in [0.3, 0.4) is 0 Å². The smallest absolute Gasteiger partial charge is 0.266 e. The highest BCUT2D eigenvalue weighted by Crippen LogP contribution is 2.39. The second-order valence-corrected chi connectivity index (χ2v) is 5.37. The second kappa shape index (κ2) is 5.90. The zero-order valence-electron chi connectivity index (χ0n) is 12.2. The molecular formula is C16H16N4O2. The molecule has 1 fully saturated rings. The van der Waals surface area contributed by atoms with Crippen molar-refractivity contribution in [2.24, 2.45) is 0 Å². The first-order valence-corrected chi connectivity index (χ1v) is 7.18. The van der Waals surface area contributed by atoms with E-state index in [-0.39, 0.29) is 5.91 Å². The van der Waals surface area contributed by atoms with Gasteiger partial charge in [-0.15, -0.1) is 0 Å². The molecule has 0 aliphatic heterocycles. The maximum absolute atomic E-state index is 12.1. The SMILES string of the molecule is CC(Oc1ccc(C#N)cc1)C(=O)Nc1cc(C2CC2)[nH]n1. The summed E-state index contributed by atoms with van der Waals surface area (Å²) in [5.41, 5.74) is 1.62. The average Bonchev–Trinajstić information content (AvgIpc) is 3.28. The monoisotopic (exact) mass is 296 g/mol. The predicted octanol–water partition coefficient (Wildman–Crippen LogP) is 2.56. The molecule has 0 radical (unpaired) electrons. The fourth-order valence-electron chi connectivity index (χ4n) is 2.10. The molecule has 0 saturated heterocycles. The summed E-state index contributed by atoms with van der Waals surface area (Å²) in [6.07, 6.45) is 1.69. The Kier molecular flexibility index (Phi) is 3.79. The number of aromatic amines is 1. The molecule has 2 aromatic rings. The summed E-state index contributed by atoms with van der Waals surface area (Å²) in [5, 5.41) is 18.5. The summed E-state index contributed by atoms with van der Waals surface area (Å²) in [7, 11) is 0. The van der Waals surface area contributed by atoms with E-state index in [1.165, 1.54) is 12.8 Å². The van der Waals surface area contributed by atoms with Crippen LogP contribution in [0.15, 0.2) is 30.3 Å². The minimum absolute atomic E-state index is 0.266. The van der Waals surface area contributed by atoms with E-state index in [1.807, 2.05) is 12.1 Å². The van der Waals surface area contributed by atoms with Gasteiger partial charge in [0, 0.05) is 17.7 Å². The van der Waals surface area contributed by atoms with Gasteiger partial charge in [-0.3, -0.25) is 9.89 Å². The molecule has 0 bridgehead atoms. The number of hydrogen-bond donors (Lipinski definition) is 2. The van der Waals surface area contributed by atoms with Gasteiger partial charge < -0.3 is 10.1 Å². The molecule has 1 saturated carbocycles. The van der Waals surface area contributed by atoms with Gasteiger partial charge in [0.05, 0.1) is 11.6 Å². The Balaban J connectivity index is 1.57. The number of nitriles is 1. The number of nitrogens with one attached hydrogen (secondary N) is 2. The lowest BCUT2D eigenvalue weighted by molar-refractivity contribution is -0.122. The normalized spacial score (nSPS) is 14.9. The molecule has 1 amide bonds. The van der Waals surface area contributed by atoms with Crippen molar-refractivity contribution in [2.75, 3.05) is 5.32 Å². The number of nitrogens with zero attached hydrogens (tertiary/aromatic N) is 2. The molecule has 1 aromatic carbocycles. The fourth-order valence-corrected chi connectivity index (χ4v) is 2.10. The van der Waals surface area contributed by atoms with Gasteiger partial charge in [0.1, 0.15) is 5.75 Å². The van der Waals surface area contributed by atoms with Crippen LogP contribution in [0, 0.1) is 11.3 Å². The third-order valence-corrected chi connectivity index (χ3v) is 3.53. The molecule has 1 aliphatic carbocycles. The Labute approximate surface area is 128 Å². The molecule has 6 nitrogen and oxygen atoms in total. The van der Waals surface area contributed by atoms with Crippen LogP contribution < -0.4 is 10.1 Å². The van der Waals surface area contributed by atoms with E-state index in [1.54, 1.807) is 31.2 Å². The number of ether oxygens (including phenoxy) is 1. The van der Waals surface area contributed by atoms with Gasteiger partial charge >= 0.3 is 0 Å². The Morgan fingerprint density at radius 1 is 1.45 bits per heavy atom. The van der Waals surface area contributed by atoms with Crippen molar-refractivity contribution in [3.05, 3.63) is 41.6 Å². The minimum atomic E-state index is -0.658. The largest absolute Gasteiger partial charge is 0.481 e. The zero-order valence-corrected chi connectivity index (χ0v) is 12.2. The molecule has 0 spiro atoms. The molecular weight excluding hydrogens is 280 g/mol. The van der Waals surface area contributed by atoms with Crippen LogP contribution >= 0.6 is 0 Å². The van der Waals surface area contributed by atoms with Gasteiger partial charge in [-0.1, -0.05) is 0 Å². The lowest BCUT2D eigenvalue weighted by atomic mass is 10.2. The Bertz CT molecular complexity index is 710. The summed E-state index contributed by atoms with van der Waals surface area (Å²) < 4.78 is 5.55. The van der Waals surface area contributed by atoms with Gasteiger partial charge in [-0.05, 0) is 44.0 Å². The van der Waals surface area contributed by atoms with Crippen LogP contribution in [0.1, 0.15) is 36.9 Å². The van der Waals surface area contributed by atoms with Crippen LogP contribution in [0.5, 0.6) is 5.75 Å². The van der Waals surface area contributed by atoms with E-state index in [0.717, 1.165) is 5.69 Å². The Morgan fingerprint density at radius 2 is 2.18 bits per heavy atom. The molecule has 3 rings (SSSR count). The number of H-pyrrole nitrogens is 1. The number of anilines is 1. The quantitative estimate of drug-likeness (QED) is 0.887. The van der Waals surface area contributed by atoms with Crippen molar-refractivity contribution < 1.29 is 9.53 Å². The summed E-state index contributed by atoms with van der Waals surface area (Å²) in [6.45, 7) is 1.67. The molecule has 1 aliphatic rings. The second-order valence-electron chi connectivity index (χ2n) is 5.37. The standard InChI is InChI=1S/C16H16N4O2/c1-10(22-13-6-2-11(9-17)3-7-13)16(21)18-15-8-14(19-20-15)12-4-5-12/h2-3,6-8,10,12H,4-5H2,1H3,(H2,18,19,20,21). The fraction of sp³-hybridized carbons (Fsp3) is 0.312. The van der Waals surface area contributed by atoms with Crippen molar-refractivity contribution in [3.8, 4) is 11.8 Å². The summed E-state index contributed by atoms with van der Waals surface area (Å²) in [6, 6.07) is 10.5. The maximum Gasteiger partial charge on any atom is 0.266 e. The minimum Gasteiger partial charge on any atom is -0.481 e. The van der Waals surface area contributed by atoms with Gasteiger partial charge in [0.15, 0.2) is 11.9 Å². The molecule has 22 heavy (non-hydrogen) atoms.